The van der Waals surface area contributed by atoms with Gasteiger partial charge in [-0.2, -0.15) is 5.01 Å². The van der Waals surface area contributed by atoms with E-state index in [2.05, 4.69) is 15.5 Å². The Labute approximate surface area is 122 Å². The summed E-state index contributed by atoms with van der Waals surface area (Å²) in [6.07, 6.45) is -0.483. The number of nitrogens with zero attached hydrogens (tertiary/aromatic N) is 1. The summed E-state index contributed by atoms with van der Waals surface area (Å²) in [6.45, 7) is 3.57. The second kappa shape index (κ2) is 5.82. The maximum absolute atomic E-state index is 12.6. The molecule has 1 aromatic carbocycles. The number of carbonyl (C=O) groups excluding carboxylic acids is 3. The molecule has 0 bridgehead atoms. The van der Waals surface area contributed by atoms with Crippen molar-refractivity contribution in [2.24, 2.45) is 0 Å². The molecule has 0 saturated carbocycles. The van der Waals surface area contributed by atoms with Crippen molar-refractivity contribution >= 4 is 18.0 Å². The monoisotopic (exact) mass is 291 g/mol. The minimum Gasteiger partial charge on any atom is -0.449 e. The highest BCUT2D eigenvalue weighted by Crippen LogP contribution is 2.31. The van der Waals surface area contributed by atoms with E-state index in [0.717, 1.165) is 0 Å². The van der Waals surface area contributed by atoms with Crippen molar-refractivity contribution in [3.63, 3.8) is 0 Å². The van der Waals surface area contributed by atoms with E-state index in [1.807, 2.05) is 6.07 Å². The largest absolute Gasteiger partial charge is 0.449 e. The van der Waals surface area contributed by atoms with E-state index < -0.39 is 23.6 Å². The summed E-state index contributed by atoms with van der Waals surface area (Å²) in [5, 5.41) is 3.31. The number of nitrogens with one attached hydrogen (secondary N) is 2. The molecule has 0 spiro atoms. The second-order valence-corrected chi connectivity index (χ2v) is 4.53. The zero-order valence-corrected chi connectivity index (χ0v) is 11.9. The van der Waals surface area contributed by atoms with Gasteiger partial charge in [0.05, 0.1) is 6.61 Å². The summed E-state index contributed by atoms with van der Waals surface area (Å²) >= 11 is 0. The Morgan fingerprint density at radius 3 is 2.52 bits per heavy atom. The van der Waals surface area contributed by atoms with E-state index >= 15 is 0 Å². The molecule has 0 radical (unpaired) electrons. The first-order valence-electron chi connectivity index (χ1n) is 6.70. The van der Waals surface area contributed by atoms with Gasteiger partial charge >= 0.3 is 12.1 Å². The number of amides is 4. The number of imide groups is 1. The number of hydrazine groups is 1. The van der Waals surface area contributed by atoms with Crippen LogP contribution in [0.5, 0.6) is 0 Å². The SMILES string of the molecule is CCOC(=O)NN1C(=O)N[C@](CC)(c2ccccc2)C1=O. The van der Waals surface area contributed by atoms with Gasteiger partial charge in [-0.15, -0.1) is 0 Å². The number of carbonyl (C=O) groups is 3. The average molecular weight is 291 g/mol. The molecular weight excluding hydrogens is 274 g/mol. The molecule has 21 heavy (non-hydrogen) atoms. The normalized spacial score (nSPS) is 21.1. The molecular formula is C14H17N3O4. The lowest BCUT2D eigenvalue weighted by molar-refractivity contribution is -0.133. The van der Waals surface area contributed by atoms with Gasteiger partial charge in [0.25, 0.3) is 5.91 Å². The van der Waals surface area contributed by atoms with Crippen molar-refractivity contribution in [3.8, 4) is 0 Å². The van der Waals surface area contributed by atoms with Crippen LogP contribution in [0.15, 0.2) is 30.3 Å². The molecule has 7 nitrogen and oxygen atoms in total. The average Bonchev–Trinajstić information content (AvgIpc) is 2.73. The molecule has 1 aliphatic rings. The van der Waals surface area contributed by atoms with Crippen LogP contribution in [0.3, 0.4) is 0 Å². The van der Waals surface area contributed by atoms with Crippen LogP contribution < -0.4 is 10.7 Å². The highest BCUT2D eigenvalue weighted by Gasteiger charge is 2.52. The maximum Gasteiger partial charge on any atom is 0.426 e. The highest BCUT2D eigenvalue weighted by molar-refractivity contribution is 6.08. The van der Waals surface area contributed by atoms with E-state index in [9.17, 15) is 14.4 Å². The first-order chi connectivity index (χ1) is 10.0. The molecule has 0 unspecified atom stereocenters. The third-order valence-corrected chi connectivity index (χ3v) is 3.37. The summed E-state index contributed by atoms with van der Waals surface area (Å²) in [5.74, 6) is -0.533. The van der Waals surface area contributed by atoms with Crippen molar-refractivity contribution in [2.75, 3.05) is 6.61 Å². The molecule has 7 heteroatoms. The van der Waals surface area contributed by atoms with Crippen LogP contribution in [0.2, 0.25) is 0 Å². The third-order valence-electron chi connectivity index (χ3n) is 3.37. The first kappa shape index (κ1) is 14.8. The molecule has 0 aliphatic carbocycles. The van der Waals surface area contributed by atoms with Crippen LogP contribution in [-0.4, -0.2) is 29.6 Å². The van der Waals surface area contributed by atoms with E-state index in [1.165, 1.54) is 0 Å². The Kier molecular flexibility index (Phi) is 4.11. The molecule has 112 valence electrons. The molecule has 1 heterocycles. The lowest BCUT2D eigenvalue weighted by Crippen LogP contribution is -2.48. The quantitative estimate of drug-likeness (QED) is 0.823. The summed E-state index contributed by atoms with van der Waals surface area (Å²) in [5.41, 5.74) is 1.65. The van der Waals surface area contributed by atoms with Crippen molar-refractivity contribution < 1.29 is 19.1 Å². The van der Waals surface area contributed by atoms with Gasteiger partial charge in [0.15, 0.2) is 0 Å². The van der Waals surface area contributed by atoms with Crippen LogP contribution in [0.4, 0.5) is 9.59 Å². The fourth-order valence-corrected chi connectivity index (χ4v) is 2.29. The summed E-state index contributed by atoms with van der Waals surface area (Å²) in [6, 6.07) is 8.23. The van der Waals surface area contributed by atoms with Crippen molar-refractivity contribution in [1.82, 2.24) is 15.8 Å². The lowest BCUT2D eigenvalue weighted by Gasteiger charge is -2.25. The van der Waals surface area contributed by atoms with Gasteiger partial charge in [0, 0.05) is 0 Å². The van der Waals surface area contributed by atoms with Crippen LogP contribution in [0.1, 0.15) is 25.8 Å². The zero-order valence-electron chi connectivity index (χ0n) is 11.9. The number of benzene rings is 1. The number of hydrogen-bond donors (Lipinski definition) is 2. The third kappa shape index (κ3) is 2.54. The molecule has 0 aromatic heterocycles. The Balaban J connectivity index is 2.29. The van der Waals surface area contributed by atoms with Gasteiger partial charge in [0.2, 0.25) is 0 Å². The predicted molar refractivity (Wildman–Crippen MR) is 73.9 cm³/mol. The van der Waals surface area contributed by atoms with Gasteiger partial charge in [-0.25, -0.2) is 15.0 Å². The molecule has 1 atom stereocenters. The van der Waals surface area contributed by atoms with Crippen molar-refractivity contribution in [2.45, 2.75) is 25.8 Å². The lowest BCUT2D eigenvalue weighted by atomic mass is 9.87. The molecule has 1 aliphatic heterocycles. The van der Waals surface area contributed by atoms with Gasteiger partial charge in [-0.05, 0) is 18.9 Å². The van der Waals surface area contributed by atoms with Crippen molar-refractivity contribution in [3.05, 3.63) is 35.9 Å². The summed E-state index contributed by atoms with van der Waals surface area (Å²) < 4.78 is 4.68. The Bertz CT molecular complexity index is 561. The second-order valence-electron chi connectivity index (χ2n) is 4.53. The van der Waals surface area contributed by atoms with E-state index in [-0.39, 0.29) is 6.61 Å². The van der Waals surface area contributed by atoms with Crippen LogP contribution in [0.25, 0.3) is 0 Å². The molecule has 1 saturated heterocycles. The topological polar surface area (TPSA) is 87.7 Å². The molecule has 2 N–H and O–H groups in total. The van der Waals surface area contributed by atoms with Gasteiger partial charge in [0.1, 0.15) is 5.54 Å². The van der Waals surface area contributed by atoms with Crippen LogP contribution in [-0.2, 0) is 15.1 Å². The van der Waals surface area contributed by atoms with Gasteiger partial charge < -0.3 is 10.1 Å². The van der Waals surface area contributed by atoms with E-state index in [1.54, 1.807) is 38.1 Å². The Hall–Kier alpha value is -2.57. The fraction of sp³-hybridized carbons (Fsp3) is 0.357. The van der Waals surface area contributed by atoms with Gasteiger partial charge in [-0.3, -0.25) is 4.79 Å². The maximum atomic E-state index is 12.6. The first-order valence-corrected chi connectivity index (χ1v) is 6.70. The van der Waals surface area contributed by atoms with E-state index in [0.29, 0.717) is 17.0 Å². The molecule has 1 fully saturated rings. The fourth-order valence-electron chi connectivity index (χ4n) is 2.29. The molecule has 2 rings (SSSR count). The smallest absolute Gasteiger partial charge is 0.426 e. The summed E-state index contributed by atoms with van der Waals surface area (Å²) in [7, 11) is 0. The Morgan fingerprint density at radius 2 is 1.95 bits per heavy atom. The number of urea groups is 1. The minimum absolute atomic E-state index is 0.146. The highest BCUT2D eigenvalue weighted by atomic mass is 16.6. The number of ether oxygens (including phenoxy) is 1. The molecule has 4 amide bonds. The zero-order chi connectivity index (χ0) is 15.5. The predicted octanol–water partition coefficient (Wildman–Crippen LogP) is 1.50. The minimum atomic E-state index is -1.17. The number of rotatable bonds is 4. The van der Waals surface area contributed by atoms with Crippen LogP contribution in [0, 0.1) is 0 Å². The van der Waals surface area contributed by atoms with Crippen LogP contribution >= 0.6 is 0 Å². The number of hydrogen-bond acceptors (Lipinski definition) is 4. The molecule has 1 aromatic rings. The standard InChI is InChI=1S/C14H17N3O4/c1-3-14(10-8-6-5-7-9-10)11(18)17(12(19)15-14)16-13(20)21-4-2/h5-9H,3-4H2,1-2H3,(H,15,19)(H,16,20)/t14-/m1/s1. The Morgan fingerprint density at radius 1 is 1.29 bits per heavy atom. The summed E-state index contributed by atoms with van der Waals surface area (Å²) in [4.78, 5) is 36.0. The van der Waals surface area contributed by atoms with E-state index in [4.69, 9.17) is 0 Å². The van der Waals surface area contributed by atoms with Gasteiger partial charge in [-0.1, -0.05) is 37.3 Å². The van der Waals surface area contributed by atoms with Crippen molar-refractivity contribution in [1.29, 1.82) is 0 Å².